The lowest BCUT2D eigenvalue weighted by molar-refractivity contribution is -0.104. The second-order valence-electron chi connectivity index (χ2n) is 8.03. The van der Waals surface area contributed by atoms with E-state index in [1.54, 1.807) is 16.9 Å². The van der Waals surface area contributed by atoms with Crippen LogP contribution >= 0.6 is 0 Å². The zero-order valence-corrected chi connectivity index (χ0v) is 16.8. The molecule has 3 aromatic rings. The molecule has 1 atom stereocenters. The van der Waals surface area contributed by atoms with Crippen LogP contribution in [0.5, 0.6) is 0 Å². The zero-order valence-electron chi connectivity index (χ0n) is 16.8. The van der Waals surface area contributed by atoms with Gasteiger partial charge in [-0.2, -0.15) is 5.10 Å². The van der Waals surface area contributed by atoms with Gasteiger partial charge in [0.15, 0.2) is 17.5 Å². The van der Waals surface area contributed by atoms with Crippen LogP contribution in [-0.2, 0) is 16.6 Å². The molecule has 2 aromatic carbocycles. The summed E-state index contributed by atoms with van der Waals surface area (Å²) >= 11 is 0. The van der Waals surface area contributed by atoms with E-state index in [9.17, 15) is 13.6 Å². The molecule has 2 aliphatic rings. The number of aldehydes is 1. The third-order valence-corrected chi connectivity index (χ3v) is 5.98. The Bertz CT molecular complexity index is 1190. The Morgan fingerprint density at radius 2 is 1.87 bits per heavy atom. The van der Waals surface area contributed by atoms with E-state index >= 15 is 0 Å². The van der Waals surface area contributed by atoms with E-state index in [2.05, 4.69) is 10.4 Å². The topological polar surface area (TPSA) is 46.9 Å². The van der Waals surface area contributed by atoms with E-state index < -0.39 is 17.0 Å². The second kappa shape index (κ2) is 7.61. The van der Waals surface area contributed by atoms with Gasteiger partial charge in [-0.1, -0.05) is 48.6 Å². The first kappa shape index (κ1) is 19.4. The lowest BCUT2D eigenvalue weighted by Crippen LogP contribution is -2.31. The number of halogens is 2. The fourth-order valence-electron chi connectivity index (χ4n) is 4.22. The molecule has 0 radical (unpaired) electrons. The Labute approximate surface area is 178 Å². The Morgan fingerprint density at radius 1 is 1.06 bits per heavy atom. The van der Waals surface area contributed by atoms with Gasteiger partial charge in [-0.3, -0.25) is 4.79 Å². The molecule has 0 saturated heterocycles. The zero-order chi connectivity index (χ0) is 21.4. The number of carbonyl (C=O) groups is 1. The highest BCUT2D eigenvalue weighted by atomic mass is 19.2. The maximum absolute atomic E-state index is 14.2. The number of allylic oxidation sites excluding steroid dienone is 2. The van der Waals surface area contributed by atoms with Gasteiger partial charge in [-0.25, -0.2) is 13.5 Å². The van der Waals surface area contributed by atoms with Crippen LogP contribution in [0, 0.1) is 11.6 Å². The molecule has 1 fully saturated rings. The number of hydrogen-bond donors (Lipinski definition) is 1. The Kier molecular flexibility index (Phi) is 4.77. The number of benzene rings is 2. The quantitative estimate of drug-likeness (QED) is 0.456. The summed E-state index contributed by atoms with van der Waals surface area (Å²) in [5, 5.41) is 8.12. The maximum atomic E-state index is 14.2. The van der Waals surface area contributed by atoms with Crippen molar-refractivity contribution in [2.24, 2.45) is 0 Å². The molecule has 0 spiro atoms. The number of nitrogens with one attached hydrogen (secondary N) is 1. The van der Waals surface area contributed by atoms with Crippen LogP contribution in [-0.4, -0.2) is 22.1 Å². The van der Waals surface area contributed by atoms with E-state index in [4.69, 9.17) is 0 Å². The molecular formula is C25H21F2N3O. The predicted molar refractivity (Wildman–Crippen MR) is 117 cm³/mol. The summed E-state index contributed by atoms with van der Waals surface area (Å²) in [6.45, 7) is 0. The average Bonchev–Trinajstić information content (AvgIpc) is 3.55. The highest BCUT2D eigenvalue weighted by Crippen LogP contribution is 2.44. The highest BCUT2D eigenvalue weighted by molar-refractivity contribution is 5.74. The molecule has 4 nitrogen and oxygen atoms in total. The molecule has 6 heteroatoms. The summed E-state index contributed by atoms with van der Waals surface area (Å²) in [5.41, 5.74) is 2.77. The van der Waals surface area contributed by atoms with Crippen molar-refractivity contribution in [1.29, 1.82) is 0 Å². The Balaban J connectivity index is 1.68. The Hall–Kier alpha value is -3.54. The van der Waals surface area contributed by atoms with Gasteiger partial charge in [-0.15, -0.1) is 0 Å². The summed E-state index contributed by atoms with van der Waals surface area (Å²) < 4.78 is 29.7. The maximum Gasteiger partial charge on any atom is 0.159 e. The fraction of sp³-hybridized carbons (Fsp3) is 0.200. The van der Waals surface area contributed by atoms with Crippen molar-refractivity contribution in [3.8, 4) is 0 Å². The van der Waals surface area contributed by atoms with Crippen molar-refractivity contribution < 1.29 is 13.6 Å². The lowest BCUT2D eigenvalue weighted by atomic mass is 9.68. The third kappa shape index (κ3) is 3.48. The third-order valence-electron chi connectivity index (χ3n) is 5.98. The van der Waals surface area contributed by atoms with Crippen molar-refractivity contribution in [3.05, 3.63) is 94.7 Å². The van der Waals surface area contributed by atoms with Gasteiger partial charge in [0, 0.05) is 29.6 Å². The molecule has 1 N–H and O–H groups in total. The number of anilines is 1. The lowest BCUT2D eigenvalue weighted by Gasteiger charge is -2.35. The van der Waals surface area contributed by atoms with Crippen LogP contribution in [0.15, 0.2) is 60.7 Å². The van der Waals surface area contributed by atoms with Gasteiger partial charge in [0.05, 0.1) is 5.69 Å². The SMILES string of the molecule is O=CC=Cn1nc(NC2CC2)c2c1CC(c1ccccc1)(c1ccc(F)c(F)c1)C=C2. The first-order valence-corrected chi connectivity index (χ1v) is 10.3. The van der Waals surface area contributed by atoms with Gasteiger partial charge < -0.3 is 5.32 Å². The van der Waals surface area contributed by atoms with Gasteiger partial charge in [0.2, 0.25) is 0 Å². The van der Waals surface area contributed by atoms with Crippen molar-refractivity contribution in [1.82, 2.24) is 9.78 Å². The van der Waals surface area contributed by atoms with Crippen LogP contribution in [0.2, 0.25) is 0 Å². The van der Waals surface area contributed by atoms with Crippen molar-refractivity contribution >= 4 is 24.4 Å². The minimum Gasteiger partial charge on any atom is -0.365 e. The molecular weight excluding hydrogens is 396 g/mol. The van der Waals surface area contributed by atoms with Crippen LogP contribution < -0.4 is 5.32 Å². The van der Waals surface area contributed by atoms with Crippen molar-refractivity contribution in [3.63, 3.8) is 0 Å². The molecule has 1 heterocycles. The summed E-state index contributed by atoms with van der Waals surface area (Å²) in [5.74, 6) is -0.976. The van der Waals surface area contributed by atoms with E-state index in [1.165, 1.54) is 18.2 Å². The predicted octanol–water partition coefficient (Wildman–Crippen LogP) is 4.96. The van der Waals surface area contributed by atoms with Crippen LogP contribution in [0.1, 0.15) is 35.2 Å². The molecule has 0 amide bonds. The summed E-state index contributed by atoms with van der Waals surface area (Å²) in [6, 6.07) is 14.3. The molecule has 2 aliphatic carbocycles. The van der Waals surface area contributed by atoms with E-state index in [0.717, 1.165) is 35.5 Å². The Morgan fingerprint density at radius 3 is 2.58 bits per heavy atom. The van der Waals surface area contributed by atoms with Gasteiger partial charge in [0.1, 0.15) is 6.29 Å². The molecule has 1 aromatic heterocycles. The first-order valence-electron chi connectivity index (χ1n) is 10.3. The van der Waals surface area contributed by atoms with Gasteiger partial charge >= 0.3 is 0 Å². The number of carbonyl (C=O) groups excluding carboxylic acids is 1. The molecule has 1 saturated carbocycles. The van der Waals surface area contributed by atoms with Crippen LogP contribution in [0.4, 0.5) is 14.6 Å². The normalized spacial score (nSPS) is 20.1. The molecule has 0 bridgehead atoms. The second-order valence-corrected chi connectivity index (χ2v) is 8.03. The average molecular weight is 417 g/mol. The summed E-state index contributed by atoms with van der Waals surface area (Å²) in [7, 11) is 0. The standard InChI is InChI=1S/C25H21F2N3O/c26-21-10-7-18(15-22(21)27)25(17-5-2-1-3-6-17)12-11-20-23(16-25)30(13-4-14-31)29-24(20)28-19-8-9-19/h1-7,10-15,19H,8-9,16H2,(H,28,29). The number of aromatic nitrogens is 2. The molecule has 5 rings (SSSR count). The van der Waals surface area contributed by atoms with Crippen molar-refractivity contribution in [2.45, 2.75) is 30.7 Å². The highest BCUT2D eigenvalue weighted by Gasteiger charge is 2.38. The van der Waals surface area contributed by atoms with Crippen LogP contribution in [0.25, 0.3) is 12.3 Å². The van der Waals surface area contributed by atoms with E-state index in [0.29, 0.717) is 24.3 Å². The largest absolute Gasteiger partial charge is 0.365 e. The van der Waals surface area contributed by atoms with E-state index in [1.807, 2.05) is 42.5 Å². The fourth-order valence-corrected chi connectivity index (χ4v) is 4.22. The number of hydrogen-bond acceptors (Lipinski definition) is 3. The minimum absolute atomic E-state index is 0.419. The van der Waals surface area contributed by atoms with Crippen molar-refractivity contribution in [2.75, 3.05) is 5.32 Å². The van der Waals surface area contributed by atoms with Gasteiger partial charge in [-0.05, 0) is 42.2 Å². The molecule has 0 aliphatic heterocycles. The van der Waals surface area contributed by atoms with E-state index in [-0.39, 0.29) is 0 Å². The minimum atomic E-state index is -0.877. The number of rotatable bonds is 6. The molecule has 156 valence electrons. The number of fused-ring (bicyclic) bond motifs is 1. The van der Waals surface area contributed by atoms with Gasteiger partial charge in [0.25, 0.3) is 0 Å². The summed E-state index contributed by atoms with van der Waals surface area (Å²) in [4.78, 5) is 10.9. The van der Waals surface area contributed by atoms with Crippen LogP contribution in [0.3, 0.4) is 0 Å². The summed E-state index contributed by atoms with van der Waals surface area (Å²) in [6.07, 6.45) is 10.5. The first-order chi connectivity index (χ1) is 15.1. The molecule has 1 unspecified atom stereocenters. The smallest absolute Gasteiger partial charge is 0.159 e. The number of nitrogens with zero attached hydrogens (tertiary/aromatic N) is 2. The molecule has 31 heavy (non-hydrogen) atoms. The monoisotopic (exact) mass is 417 g/mol.